The van der Waals surface area contributed by atoms with Crippen LogP contribution in [0.25, 0.3) is 10.9 Å². The third kappa shape index (κ3) is 4.53. The van der Waals surface area contributed by atoms with Gasteiger partial charge in [0.2, 0.25) is 0 Å². The number of rotatable bonds is 2. The molecule has 126 valence electrons. The van der Waals surface area contributed by atoms with Gasteiger partial charge in [0.1, 0.15) is 5.82 Å². The van der Waals surface area contributed by atoms with Crippen LogP contribution in [0.4, 0.5) is 4.39 Å². The van der Waals surface area contributed by atoms with Crippen LogP contribution in [0.3, 0.4) is 0 Å². The molecule has 2 heterocycles. The fraction of sp³-hybridized carbons (Fsp3) is 0.375. The number of amides is 1. The molecule has 0 unspecified atom stereocenters. The number of halogens is 3. The molecule has 0 radical (unpaired) electrons. The highest BCUT2D eigenvalue weighted by Gasteiger charge is 2.18. The molecule has 0 bridgehead atoms. The van der Waals surface area contributed by atoms with Crippen LogP contribution in [0.2, 0.25) is 0 Å². The molecule has 1 aromatic carbocycles. The molecule has 7 heteroatoms. The SMILES string of the molecule is Cc1nc2cc(F)ccc2cc1C(=O)NC1CCNCC1.Cl.Cl. The lowest BCUT2D eigenvalue weighted by Crippen LogP contribution is -2.42. The first kappa shape index (κ1) is 19.6. The Balaban J connectivity index is 0.00000132. The summed E-state index contributed by atoms with van der Waals surface area (Å²) in [5, 5.41) is 7.10. The Morgan fingerprint density at radius 1 is 1.26 bits per heavy atom. The van der Waals surface area contributed by atoms with E-state index in [1.54, 1.807) is 19.1 Å². The molecule has 0 spiro atoms. The van der Waals surface area contributed by atoms with Crippen LogP contribution in [0.15, 0.2) is 24.3 Å². The zero-order valence-corrected chi connectivity index (χ0v) is 14.4. The maximum absolute atomic E-state index is 13.2. The maximum Gasteiger partial charge on any atom is 0.253 e. The Labute approximate surface area is 147 Å². The number of benzene rings is 1. The topological polar surface area (TPSA) is 54.0 Å². The van der Waals surface area contributed by atoms with Crippen LogP contribution in [0, 0.1) is 12.7 Å². The number of carbonyl (C=O) groups is 1. The second-order valence-electron chi connectivity index (χ2n) is 5.46. The summed E-state index contributed by atoms with van der Waals surface area (Å²) in [5.41, 5.74) is 1.76. The van der Waals surface area contributed by atoms with E-state index in [2.05, 4.69) is 15.6 Å². The lowest BCUT2D eigenvalue weighted by Gasteiger charge is -2.24. The third-order valence-corrected chi connectivity index (χ3v) is 3.89. The molecule has 23 heavy (non-hydrogen) atoms. The Morgan fingerprint density at radius 3 is 2.65 bits per heavy atom. The zero-order chi connectivity index (χ0) is 14.8. The van der Waals surface area contributed by atoms with Gasteiger partial charge in [-0.2, -0.15) is 0 Å². The summed E-state index contributed by atoms with van der Waals surface area (Å²) in [6.45, 7) is 3.64. The molecule has 1 aliphatic heterocycles. The van der Waals surface area contributed by atoms with Gasteiger partial charge in [-0.25, -0.2) is 4.39 Å². The van der Waals surface area contributed by atoms with E-state index in [1.165, 1.54) is 12.1 Å². The lowest BCUT2D eigenvalue weighted by molar-refractivity contribution is 0.0928. The van der Waals surface area contributed by atoms with E-state index >= 15 is 0 Å². The second kappa shape index (κ2) is 8.43. The Hall–Kier alpha value is -1.43. The van der Waals surface area contributed by atoms with Gasteiger partial charge in [0, 0.05) is 17.5 Å². The molecule has 4 nitrogen and oxygen atoms in total. The van der Waals surface area contributed by atoms with E-state index in [4.69, 9.17) is 0 Å². The summed E-state index contributed by atoms with van der Waals surface area (Å²) in [5.74, 6) is -0.417. The minimum Gasteiger partial charge on any atom is -0.349 e. The number of aryl methyl sites for hydroxylation is 1. The van der Waals surface area contributed by atoms with Crippen LogP contribution < -0.4 is 10.6 Å². The zero-order valence-electron chi connectivity index (χ0n) is 12.8. The van der Waals surface area contributed by atoms with E-state index in [9.17, 15) is 9.18 Å². The van der Waals surface area contributed by atoms with Gasteiger partial charge < -0.3 is 10.6 Å². The number of fused-ring (bicyclic) bond motifs is 1. The highest BCUT2D eigenvalue weighted by atomic mass is 35.5. The molecule has 1 aliphatic rings. The molecule has 1 amide bonds. The average Bonchev–Trinajstić information content (AvgIpc) is 2.47. The van der Waals surface area contributed by atoms with Crippen molar-refractivity contribution in [2.75, 3.05) is 13.1 Å². The van der Waals surface area contributed by atoms with Gasteiger partial charge in [0.05, 0.1) is 16.8 Å². The molecule has 0 saturated carbocycles. The van der Waals surface area contributed by atoms with Gasteiger partial charge in [0.25, 0.3) is 5.91 Å². The van der Waals surface area contributed by atoms with Crippen molar-refractivity contribution in [1.29, 1.82) is 0 Å². The van der Waals surface area contributed by atoms with E-state index in [0.29, 0.717) is 16.8 Å². The summed E-state index contributed by atoms with van der Waals surface area (Å²) < 4.78 is 13.2. The molecular weight excluding hydrogens is 340 g/mol. The highest BCUT2D eigenvalue weighted by Crippen LogP contribution is 2.18. The van der Waals surface area contributed by atoms with E-state index in [1.807, 2.05) is 0 Å². The van der Waals surface area contributed by atoms with Crippen LogP contribution in [0.1, 0.15) is 28.9 Å². The average molecular weight is 360 g/mol. The predicted molar refractivity (Wildman–Crippen MR) is 94.3 cm³/mol. The van der Waals surface area contributed by atoms with Crippen LogP contribution >= 0.6 is 24.8 Å². The molecule has 0 atom stereocenters. The number of pyridine rings is 1. The molecule has 3 rings (SSSR count). The van der Waals surface area contributed by atoms with Gasteiger partial charge in [-0.15, -0.1) is 24.8 Å². The van der Waals surface area contributed by atoms with Gasteiger partial charge >= 0.3 is 0 Å². The smallest absolute Gasteiger partial charge is 0.253 e. The van der Waals surface area contributed by atoms with Gasteiger partial charge in [-0.3, -0.25) is 9.78 Å². The molecule has 2 N–H and O–H groups in total. The van der Waals surface area contributed by atoms with E-state index in [0.717, 1.165) is 31.3 Å². The Morgan fingerprint density at radius 2 is 1.96 bits per heavy atom. The quantitative estimate of drug-likeness (QED) is 0.866. The van der Waals surface area contributed by atoms with Crippen molar-refractivity contribution in [3.05, 3.63) is 41.3 Å². The maximum atomic E-state index is 13.2. The Kier molecular flexibility index (Phi) is 7.19. The largest absolute Gasteiger partial charge is 0.349 e. The number of piperidine rings is 1. The van der Waals surface area contributed by atoms with Crippen molar-refractivity contribution in [2.45, 2.75) is 25.8 Å². The fourth-order valence-electron chi connectivity index (χ4n) is 2.70. The fourth-order valence-corrected chi connectivity index (χ4v) is 2.70. The third-order valence-electron chi connectivity index (χ3n) is 3.89. The summed E-state index contributed by atoms with van der Waals surface area (Å²) in [7, 11) is 0. The molecule has 0 aliphatic carbocycles. The summed E-state index contributed by atoms with van der Waals surface area (Å²) in [4.78, 5) is 16.7. The first-order valence-electron chi connectivity index (χ1n) is 7.22. The van der Waals surface area contributed by atoms with Crippen molar-refractivity contribution in [3.63, 3.8) is 0 Å². The lowest BCUT2D eigenvalue weighted by atomic mass is 10.0. The van der Waals surface area contributed by atoms with Gasteiger partial charge in [0.15, 0.2) is 0 Å². The van der Waals surface area contributed by atoms with Crippen molar-refractivity contribution in [2.24, 2.45) is 0 Å². The van der Waals surface area contributed by atoms with Crippen LogP contribution in [-0.2, 0) is 0 Å². The normalized spacial score (nSPS) is 14.7. The molecule has 1 aromatic heterocycles. The van der Waals surface area contributed by atoms with E-state index in [-0.39, 0.29) is 42.6 Å². The van der Waals surface area contributed by atoms with Crippen molar-refractivity contribution in [3.8, 4) is 0 Å². The second-order valence-corrected chi connectivity index (χ2v) is 5.46. The van der Waals surface area contributed by atoms with Crippen molar-refractivity contribution in [1.82, 2.24) is 15.6 Å². The van der Waals surface area contributed by atoms with Crippen molar-refractivity contribution < 1.29 is 9.18 Å². The summed E-state index contributed by atoms with van der Waals surface area (Å²) >= 11 is 0. The minimum atomic E-state index is -0.318. The molecular formula is C16H20Cl2FN3O. The predicted octanol–water partition coefficient (Wildman–Crippen LogP) is 3.01. The first-order valence-corrected chi connectivity index (χ1v) is 7.22. The summed E-state index contributed by atoms with van der Waals surface area (Å²) in [6, 6.07) is 6.42. The Bertz CT molecular complexity index is 690. The summed E-state index contributed by atoms with van der Waals surface area (Å²) in [6.07, 6.45) is 1.88. The molecule has 1 fully saturated rings. The molecule has 2 aromatic rings. The van der Waals surface area contributed by atoms with Gasteiger partial charge in [-0.05, 0) is 51.1 Å². The van der Waals surface area contributed by atoms with Crippen LogP contribution in [-0.4, -0.2) is 30.0 Å². The van der Waals surface area contributed by atoms with Crippen LogP contribution in [0.5, 0.6) is 0 Å². The number of nitrogens with zero attached hydrogens (tertiary/aromatic N) is 1. The number of nitrogens with one attached hydrogen (secondary N) is 2. The number of carbonyl (C=O) groups excluding carboxylic acids is 1. The standard InChI is InChI=1S/C16H18FN3O.2ClH/c1-10-14(16(21)20-13-4-6-18-7-5-13)8-11-2-3-12(17)9-15(11)19-10;;/h2-3,8-9,13,18H,4-7H2,1H3,(H,20,21);2*1H. The number of hydrogen-bond acceptors (Lipinski definition) is 3. The number of hydrogen-bond donors (Lipinski definition) is 2. The van der Waals surface area contributed by atoms with Gasteiger partial charge in [-0.1, -0.05) is 0 Å². The first-order chi connectivity index (χ1) is 10.1. The van der Waals surface area contributed by atoms with Crippen molar-refractivity contribution >= 4 is 41.6 Å². The number of aromatic nitrogens is 1. The highest BCUT2D eigenvalue weighted by molar-refractivity contribution is 5.98. The monoisotopic (exact) mass is 359 g/mol. The van der Waals surface area contributed by atoms with E-state index < -0.39 is 0 Å². The molecule has 1 saturated heterocycles. The minimum absolute atomic E-state index is 0.